The summed E-state index contributed by atoms with van der Waals surface area (Å²) >= 11 is 0. The molecular weight excluding hydrogens is 808 g/mol. The first kappa shape index (κ1) is 59.7. The van der Waals surface area contributed by atoms with Crippen LogP contribution in [0.5, 0.6) is 0 Å². The first-order valence-electron chi connectivity index (χ1n) is 24.9. The average molecular weight is 899 g/mol. The predicted octanol–water partition coefficient (Wildman–Crippen LogP) is 13.7. The average Bonchev–Trinajstić information content (AvgIpc) is 3.25. The van der Waals surface area contributed by atoms with Crippen LogP contribution in [0.1, 0.15) is 226 Å². The molecule has 0 bridgehead atoms. The highest BCUT2D eigenvalue weighted by atomic mass is 31.2. The maximum atomic E-state index is 12.8. The van der Waals surface area contributed by atoms with Gasteiger partial charge in [-0.3, -0.25) is 23.4 Å². The minimum absolute atomic E-state index is 0.156. The fraction of sp³-hybridized carbons (Fsp3) is 0.820. The lowest BCUT2D eigenvalue weighted by Gasteiger charge is -2.21. The van der Waals surface area contributed by atoms with Gasteiger partial charge in [0, 0.05) is 19.3 Å². The van der Waals surface area contributed by atoms with Gasteiger partial charge >= 0.3 is 25.7 Å². The molecule has 0 aliphatic heterocycles. The van der Waals surface area contributed by atoms with Gasteiger partial charge in [-0.25, -0.2) is 4.57 Å². The second kappa shape index (κ2) is 45.3. The minimum Gasteiger partial charge on any atom is -0.462 e. The zero-order valence-electron chi connectivity index (χ0n) is 39.6. The zero-order chi connectivity index (χ0) is 45.6. The van der Waals surface area contributed by atoms with Crippen molar-refractivity contribution in [2.75, 3.05) is 26.4 Å². The number of carbonyl (C=O) groups excluding carboxylic acids is 3. The number of ether oxygens (including phenoxy) is 3. The van der Waals surface area contributed by atoms with Crippen molar-refractivity contribution in [1.82, 2.24) is 0 Å². The molecule has 0 amide bonds. The van der Waals surface area contributed by atoms with E-state index in [-0.39, 0.29) is 25.9 Å². The van der Waals surface area contributed by atoms with Crippen LogP contribution < -0.4 is 0 Å². The Hall–Kier alpha value is -2.30. The number of hydrogen-bond donors (Lipinski definition) is 2. The number of unbranched alkanes of at least 4 members (excludes halogenated alkanes) is 23. The van der Waals surface area contributed by atoms with Crippen LogP contribution in [0.2, 0.25) is 0 Å². The van der Waals surface area contributed by atoms with Gasteiger partial charge in [0.1, 0.15) is 12.7 Å². The molecule has 11 nitrogen and oxygen atoms in total. The van der Waals surface area contributed by atoms with Crippen molar-refractivity contribution in [2.24, 2.45) is 0 Å². The molecule has 0 saturated heterocycles. The van der Waals surface area contributed by atoms with Crippen molar-refractivity contribution in [3.63, 3.8) is 0 Å². The molecule has 0 aromatic heterocycles. The standard InChI is InChI=1S/C50H91O11P/c1-4-7-10-13-16-19-22-23-26-27-30-33-36-39-48(52)57-43-47(61-50(54)41-38-35-32-29-25-21-18-15-12-9-6-3)45-59-62(55,56)58-44-46(42-51)60-49(53)40-37-34-31-28-24-20-17-14-11-8-5-2/h10,13,15,18-19,22,46-47,51H,4-9,11-12,14,16-17,20-21,23-45H2,1-3H3,(H,55,56)/b13-10-,18-15-,22-19-. The van der Waals surface area contributed by atoms with E-state index in [9.17, 15) is 28.9 Å². The Morgan fingerprint density at radius 1 is 0.452 bits per heavy atom. The van der Waals surface area contributed by atoms with Gasteiger partial charge < -0.3 is 24.2 Å². The number of esters is 3. The van der Waals surface area contributed by atoms with E-state index in [2.05, 4.69) is 57.2 Å². The highest BCUT2D eigenvalue weighted by Crippen LogP contribution is 2.43. The lowest BCUT2D eigenvalue weighted by Crippen LogP contribution is -2.30. The normalized spacial score (nSPS) is 13.8. The van der Waals surface area contributed by atoms with Crippen LogP contribution in [0.3, 0.4) is 0 Å². The molecule has 62 heavy (non-hydrogen) atoms. The SMILES string of the molecule is CCC/C=C\C/C=C\CCCCCCCC(=O)OCC(COP(=O)(O)OCC(CO)OC(=O)CCCCCCCCCCCCC)OC(=O)CCCCCCC/C=C\CCCC. The van der Waals surface area contributed by atoms with Crippen LogP contribution in [0, 0.1) is 0 Å². The fourth-order valence-corrected chi connectivity index (χ4v) is 7.45. The van der Waals surface area contributed by atoms with Crippen molar-refractivity contribution >= 4 is 25.7 Å². The van der Waals surface area contributed by atoms with Gasteiger partial charge in [0.05, 0.1) is 19.8 Å². The molecule has 2 N–H and O–H groups in total. The Bertz CT molecular complexity index is 1190. The summed E-state index contributed by atoms with van der Waals surface area (Å²) in [6.45, 7) is 4.49. The van der Waals surface area contributed by atoms with Gasteiger partial charge in [0.15, 0.2) is 6.10 Å². The van der Waals surface area contributed by atoms with Gasteiger partial charge in [0.2, 0.25) is 0 Å². The monoisotopic (exact) mass is 899 g/mol. The van der Waals surface area contributed by atoms with E-state index in [1.54, 1.807) is 0 Å². The van der Waals surface area contributed by atoms with Crippen molar-refractivity contribution in [3.8, 4) is 0 Å². The fourth-order valence-electron chi connectivity index (χ4n) is 6.67. The molecule has 0 aliphatic carbocycles. The molecule has 3 atom stereocenters. The lowest BCUT2D eigenvalue weighted by atomic mass is 10.1. The third-order valence-electron chi connectivity index (χ3n) is 10.5. The van der Waals surface area contributed by atoms with E-state index in [1.807, 2.05) is 0 Å². The number of aliphatic hydroxyl groups is 1. The van der Waals surface area contributed by atoms with E-state index in [1.165, 1.54) is 64.2 Å². The number of hydrogen-bond acceptors (Lipinski definition) is 10. The predicted molar refractivity (Wildman–Crippen MR) is 252 cm³/mol. The summed E-state index contributed by atoms with van der Waals surface area (Å²) in [6, 6.07) is 0. The molecule has 0 rings (SSSR count). The molecule has 0 aliphatic rings. The maximum absolute atomic E-state index is 12.8. The van der Waals surface area contributed by atoms with Gasteiger partial charge in [-0.15, -0.1) is 0 Å². The lowest BCUT2D eigenvalue weighted by molar-refractivity contribution is -0.161. The molecule has 0 spiro atoms. The number of rotatable bonds is 46. The largest absolute Gasteiger partial charge is 0.472 e. The van der Waals surface area contributed by atoms with E-state index in [0.29, 0.717) is 19.3 Å². The molecule has 0 aromatic carbocycles. The number of carbonyl (C=O) groups is 3. The summed E-state index contributed by atoms with van der Waals surface area (Å²) in [5.41, 5.74) is 0. The number of phosphoric acid groups is 1. The molecule has 0 aromatic rings. The highest BCUT2D eigenvalue weighted by molar-refractivity contribution is 7.47. The van der Waals surface area contributed by atoms with Crippen molar-refractivity contribution in [3.05, 3.63) is 36.5 Å². The molecule has 12 heteroatoms. The van der Waals surface area contributed by atoms with Crippen LogP contribution in [0.15, 0.2) is 36.5 Å². The third kappa shape index (κ3) is 43.0. The van der Waals surface area contributed by atoms with E-state index >= 15 is 0 Å². The second-order valence-electron chi connectivity index (χ2n) is 16.6. The van der Waals surface area contributed by atoms with Crippen LogP contribution in [-0.4, -0.2) is 66.5 Å². The molecular formula is C50H91O11P. The summed E-state index contributed by atoms with van der Waals surface area (Å²) in [5, 5.41) is 9.74. The first-order valence-corrected chi connectivity index (χ1v) is 26.4. The summed E-state index contributed by atoms with van der Waals surface area (Å²) in [6.07, 6.45) is 42.6. The van der Waals surface area contributed by atoms with Crippen molar-refractivity contribution in [2.45, 2.75) is 238 Å². The van der Waals surface area contributed by atoms with E-state index < -0.39 is 57.8 Å². The minimum atomic E-state index is -4.73. The van der Waals surface area contributed by atoms with Crippen molar-refractivity contribution in [1.29, 1.82) is 0 Å². The smallest absolute Gasteiger partial charge is 0.462 e. The topological polar surface area (TPSA) is 155 Å². The van der Waals surface area contributed by atoms with E-state index in [0.717, 1.165) is 103 Å². The third-order valence-corrected chi connectivity index (χ3v) is 11.5. The summed E-state index contributed by atoms with van der Waals surface area (Å²) in [4.78, 5) is 48.1. The Kier molecular flexibility index (Phi) is 43.6. The van der Waals surface area contributed by atoms with Crippen molar-refractivity contribution < 1.29 is 52.2 Å². The summed E-state index contributed by atoms with van der Waals surface area (Å²) < 4.78 is 39.2. The van der Waals surface area contributed by atoms with Crippen LogP contribution in [0.25, 0.3) is 0 Å². The molecule has 0 heterocycles. The maximum Gasteiger partial charge on any atom is 0.472 e. The van der Waals surface area contributed by atoms with Crippen LogP contribution >= 0.6 is 7.82 Å². The Morgan fingerprint density at radius 2 is 0.839 bits per heavy atom. The highest BCUT2D eigenvalue weighted by Gasteiger charge is 2.28. The molecule has 3 unspecified atom stereocenters. The number of phosphoric ester groups is 1. The summed E-state index contributed by atoms with van der Waals surface area (Å²) in [7, 11) is -4.73. The molecule has 362 valence electrons. The Balaban J connectivity index is 4.75. The quantitative estimate of drug-likeness (QED) is 0.0197. The van der Waals surface area contributed by atoms with Gasteiger partial charge in [0.25, 0.3) is 0 Å². The molecule has 0 radical (unpaired) electrons. The number of allylic oxidation sites excluding steroid dienone is 6. The zero-order valence-corrected chi connectivity index (χ0v) is 40.5. The van der Waals surface area contributed by atoms with Gasteiger partial charge in [-0.1, -0.05) is 179 Å². The van der Waals surface area contributed by atoms with E-state index in [4.69, 9.17) is 23.3 Å². The number of aliphatic hydroxyl groups excluding tert-OH is 1. The second-order valence-corrected chi connectivity index (χ2v) is 18.1. The van der Waals surface area contributed by atoms with Crippen LogP contribution in [0.4, 0.5) is 0 Å². The summed E-state index contributed by atoms with van der Waals surface area (Å²) in [5.74, 6) is -1.49. The Labute approximate surface area is 378 Å². The Morgan fingerprint density at radius 3 is 1.32 bits per heavy atom. The van der Waals surface area contributed by atoms with Gasteiger partial charge in [-0.2, -0.15) is 0 Å². The molecule has 0 saturated carbocycles. The first-order chi connectivity index (χ1) is 30.2. The molecule has 0 fully saturated rings. The van der Waals surface area contributed by atoms with Crippen LogP contribution in [-0.2, 0) is 42.2 Å². The van der Waals surface area contributed by atoms with Gasteiger partial charge in [-0.05, 0) is 64.2 Å².